The topological polar surface area (TPSA) is 32.8 Å². The van der Waals surface area contributed by atoms with Gasteiger partial charge in [0.15, 0.2) is 0 Å². The molecule has 0 N–H and O–H groups in total. The molecule has 0 radical (unpaired) electrons. The summed E-state index contributed by atoms with van der Waals surface area (Å²) in [4.78, 5) is 16.5. The molecule has 2 heterocycles. The van der Waals surface area contributed by atoms with Crippen LogP contribution in [0.15, 0.2) is 0 Å². The largest absolute Gasteiger partial charge is 0.375 e. The second-order valence-electron chi connectivity index (χ2n) is 4.96. The molecule has 0 bridgehead atoms. The number of ether oxygens (including phenoxy) is 1. The molecule has 0 saturated carbocycles. The second kappa shape index (κ2) is 5.15. The molecule has 0 aliphatic carbocycles. The van der Waals surface area contributed by atoms with Crippen molar-refractivity contribution in [3.63, 3.8) is 0 Å². The maximum absolute atomic E-state index is 12.3. The van der Waals surface area contributed by atoms with E-state index < -0.39 is 0 Å². The van der Waals surface area contributed by atoms with Crippen molar-refractivity contribution in [2.75, 3.05) is 33.3 Å². The van der Waals surface area contributed by atoms with Crippen molar-refractivity contribution in [2.24, 2.45) is 0 Å². The highest BCUT2D eigenvalue weighted by atomic mass is 16.5. The van der Waals surface area contributed by atoms with Gasteiger partial charge in [-0.2, -0.15) is 0 Å². The highest BCUT2D eigenvalue weighted by molar-refractivity contribution is 5.82. The molecule has 92 valence electrons. The number of piperidine rings is 1. The molecule has 2 unspecified atom stereocenters. The van der Waals surface area contributed by atoms with Gasteiger partial charge in [-0.3, -0.25) is 9.69 Å². The molecule has 4 nitrogen and oxygen atoms in total. The van der Waals surface area contributed by atoms with E-state index in [9.17, 15) is 4.79 Å². The molecular weight excluding hydrogens is 204 g/mol. The van der Waals surface area contributed by atoms with Gasteiger partial charge in [0.2, 0.25) is 5.91 Å². The first kappa shape index (κ1) is 11.9. The van der Waals surface area contributed by atoms with Gasteiger partial charge in [0.05, 0.1) is 18.8 Å². The summed E-state index contributed by atoms with van der Waals surface area (Å²) in [5, 5.41) is 0. The van der Waals surface area contributed by atoms with Gasteiger partial charge in [-0.1, -0.05) is 6.42 Å². The van der Waals surface area contributed by atoms with E-state index in [-0.39, 0.29) is 12.1 Å². The Morgan fingerprint density at radius 1 is 1.31 bits per heavy atom. The number of morpholine rings is 1. The lowest BCUT2D eigenvalue weighted by Gasteiger charge is -2.38. The minimum Gasteiger partial charge on any atom is -0.375 e. The maximum atomic E-state index is 12.3. The summed E-state index contributed by atoms with van der Waals surface area (Å²) in [5.41, 5.74) is 0. The van der Waals surface area contributed by atoms with E-state index in [1.54, 1.807) is 0 Å². The third-order valence-corrected chi connectivity index (χ3v) is 3.61. The Hall–Kier alpha value is -0.610. The van der Waals surface area contributed by atoms with Crippen LogP contribution in [-0.2, 0) is 9.53 Å². The van der Waals surface area contributed by atoms with Crippen LogP contribution < -0.4 is 0 Å². The fourth-order valence-corrected chi connectivity index (χ4v) is 2.62. The summed E-state index contributed by atoms with van der Waals surface area (Å²) in [5.74, 6) is 0.303. The number of hydrogen-bond donors (Lipinski definition) is 0. The van der Waals surface area contributed by atoms with Crippen molar-refractivity contribution in [3.8, 4) is 0 Å². The number of rotatable bonds is 1. The number of likely N-dealkylation sites (tertiary alicyclic amines) is 1. The van der Waals surface area contributed by atoms with Gasteiger partial charge >= 0.3 is 0 Å². The predicted molar refractivity (Wildman–Crippen MR) is 62.3 cm³/mol. The highest BCUT2D eigenvalue weighted by Crippen LogP contribution is 2.18. The predicted octanol–water partition coefficient (Wildman–Crippen LogP) is 0.718. The van der Waals surface area contributed by atoms with E-state index in [1.165, 1.54) is 12.8 Å². The van der Waals surface area contributed by atoms with Gasteiger partial charge in [0.25, 0.3) is 0 Å². The summed E-state index contributed by atoms with van der Waals surface area (Å²) < 4.78 is 5.46. The number of hydrogen-bond acceptors (Lipinski definition) is 3. The quantitative estimate of drug-likeness (QED) is 0.660. The number of amides is 1. The molecule has 2 atom stereocenters. The lowest BCUT2D eigenvalue weighted by atomic mass is 10.0. The molecule has 0 aromatic heterocycles. The molecule has 2 aliphatic rings. The average molecular weight is 226 g/mol. The molecule has 2 saturated heterocycles. The average Bonchev–Trinajstić information content (AvgIpc) is 2.29. The van der Waals surface area contributed by atoms with Gasteiger partial charge in [0.1, 0.15) is 0 Å². The van der Waals surface area contributed by atoms with Crippen LogP contribution in [-0.4, -0.2) is 61.1 Å². The van der Waals surface area contributed by atoms with Crippen LogP contribution in [0.5, 0.6) is 0 Å². The van der Waals surface area contributed by atoms with E-state index in [2.05, 4.69) is 11.9 Å². The zero-order chi connectivity index (χ0) is 11.5. The fourth-order valence-electron chi connectivity index (χ4n) is 2.62. The highest BCUT2D eigenvalue weighted by Gasteiger charge is 2.31. The van der Waals surface area contributed by atoms with Gasteiger partial charge < -0.3 is 9.64 Å². The zero-order valence-electron chi connectivity index (χ0n) is 10.3. The lowest BCUT2D eigenvalue weighted by molar-refractivity contribution is -0.144. The van der Waals surface area contributed by atoms with Gasteiger partial charge in [0, 0.05) is 13.1 Å². The minimum absolute atomic E-state index is 0.110. The molecule has 4 heteroatoms. The number of nitrogens with zero attached hydrogens (tertiary/aromatic N) is 2. The SMILES string of the molecule is CC1CN(C(=O)C2CCCCN2C)CCO1. The van der Waals surface area contributed by atoms with E-state index >= 15 is 0 Å². The third-order valence-electron chi connectivity index (χ3n) is 3.61. The number of carbonyl (C=O) groups excluding carboxylic acids is 1. The number of likely N-dealkylation sites (N-methyl/N-ethyl adjacent to an activating group) is 1. The molecule has 1 amide bonds. The van der Waals surface area contributed by atoms with Crippen LogP contribution in [0, 0.1) is 0 Å². The van der Waals surface area contributed by atoms with Crippen LogP contribution in [0.25, 0.3) is 0 Å². The Kier molecular flexibility index (Phi) is 3.82. The first-order valence-corrected chi connectivity index (χ1v) is 6.29. The molecule has 2 rings (SSSR count). The Bertz CT molecular complexity index is 257. The van der Waals surface area contributed by atoms with Crippen LogP contribution in [0.3, 0.4) is 0 Å². The zero-order valence-corrected chi connectivity index (χ0v) is 10.3. The van der Waals surface area contributed by atoms with E-state index in [4.69, 9.17) is 4.74 Å². The minimum atomic E-state index is 0.110. The van der Waals surface area contributed by atoms with Crippen molar-refractivity contribution >= 4 is 5.91 Å². The smallest absolute Gasteiger partial charge is 0.240 e. The first-order valence-electron chi connectivity index (χ1n) is 6.29. The standard InChI is InChI=1S/C12H22N2O2/c1-10-9-14(7-8-16-10)12(15)11-5-3-4-6-13(11)2/h10-11H,3-9H2,1-2H3. The number of carbonyl (C=O) groups is 1. The summed E-state index contributed by atoms with van der Waals surface area (Å²) in [6, 6.07) is 0.110. The van der Waals surface area contributed by atoms with Gasteiger partial charge in [-0.05, 0) is 33.4 Å². The van der Waals surface area contributed by atoms with Crippen LogP contribution >= 0.6 is 0 Å². The summed E-state index contributed by atoms with van der Waals surface area (Å²) >= 11 is 0. The van der Waals surface area contributed by atoms with Gasteiger partial charge in [-0.15, -0.1) is 0 Å². The van der Waals surface area contributed by atoms with E-state index in [0.717, 1.165) is 26.1 Å². The molecule has 0 aromatic carbocycles. The van der Waals surface area contributed by atoms with Crippen molar-refractivity contribution in [1.29, 1.82) is 0 Å². The summed E-state index contributed by atoms with van der Waals surface area (Å²) in [6.07, 6.45) is 3.60. The molecular formula is C12H22N2O2. The van der Waals surface area contributed by atoms with Crippen molar-refractivity contribution in [1.82, 2.24) is 9.80 Å². The van der Waals surface area contributed by atoms with Crippen LogP contribution in [0.1, 0.15) is 26.2 Å². The lowest BCUT2D eigenvalue weighted by Crippen LogP contribution is -2.53. The van der Waals surface area contributed by atoms with Crippen LogP contribution in [0.4, 0.5) is 0 Å². The normalized spacial score (nSPS) is 32.8. The maximum Gasteiger partial charge on any atom is 0.240 e. The summed E-state index contributed by atoms with van der Waals surface area (Å²) in [7, 11) is 2.06. The monoisotopic (exact) mass is 226 g/mol. The Morgan fingerprint density at radius 3 is 2.81 bits per heavy atom. The first-order chi connectivity index (χ1) is 7.68. The van der Waals surface area contributed by atoms with Crippen LogP contribution in [0.2, 0.25) is 0 Å². The molecule has 0 spiro atoms. The van der Waals surface area contributed by atoms with Gasteiger partial charge in [-0.25, -0.2) is 0 Å². The third kappa shape index (κ3) is 2.55. The second-order valence-corrected chi connectivity index (χ2v) is 4.96. The molecule has 16 heavy (non-hydrogen) atoms. The summed E-state index contributed by atoms with van der Waals surface area (Å²) in [6.45, 7) is 5.28. The Morgan fingerprint density at radius 2 is 2.12 bits per heavy atom. The molecule has 2 aliphatic heterocycles. The molecule has 0 aromatic rings. The Balaban J connectivity index is 1.94. The van der Waals surface area contributed by atoms with Crippen molar-refractivity contribution in [2.45, 2.75) is 38.3 Å². The van der Waals surface area contributed by atoms with Crippen molar-refractivity contribution < 1.29 is 9.53 Å². The molecule has 2 fully saturated rings. The van der Waals surface area contributed by atoms with E-state index in [1.807, 2.05) is 11.8 Å². The fraction of sp³-hybridized carbons (Fsp3) is 0.917. The van der Waals surface area contributed by atoms with Crippen molar-refractivity contribution in [3.05, 3.63) is 0 Å². The Labute approximate surface area is 97.5 Å². The van der Waals surface area contributed by atoms with E-state index in [0.29, 0.717) is 12.5 Å².